The third-order valence-electron chi connectivity index (χ3n) is 4.01. The smallest absolute Gasteiger partial charge is 0.333 e. The summed E-state index contributed by atoms with van der Waals surface area (Å²) in [4.78, 5) is 12.4. The monoisotopic (exact) mass is 391 g/mol. The molecule has 0 saturated heterocycles. The van der Waals surface area contributed by atoms with Crippen molar-refractivity contribution in [1.29, 1.82) is 0 Å². The molecule has 2 rings (SSSR count). The molecule has 0 aliphatic rings. The molecule has 0 saturated carbocycles. The molecule has 1 heterocycles. The fourth-order valence-electron chi connectivity index (χ4n) is 2.61. The molecule has 1 aromatic carbocycles. The van der Waals surface area contributed by atoms with Crippen LogP contribution in [0.25, 0.3) is 0 Å². The van der Waals surface area contributed by atoms with E-state index in [0.29, 0.717) is 11.5 Å². The first-order chi connectivity index (χ1) is 12.7. The zero-order chi connectivity index (χ0) is 20.2. The Morgan fingerprint density at radius 3 is 2.00 bits per heavy atom. The molecule has 1 aromatic heterocycles. The van der Waals surface area contributed by atoms with Crippen molar-refractivity contribution in [2.45, 2.75) is 44.6 Å². The van der Waals surface area contributed by atoms with Crippen LogP contribution in [0.3, 0.4) is 0 Å². The maximum Gasteiger partial charge on any atom is 0.333 e. The summed E-state index contributed by atoms with van der Waals surface area (Å²) in [6.07, 6.45) is 0. The molecule has 0 aliphatic carbocycles. The van der Waals surface area contributed by atoms with Gasteiger partial charge >= 0.3 is 6.03 Å². The number of sulfonamides is 1. The highest BCUT2D eigenvalue weighted by molar-refractivity contribution is 7.90. The number of aromatic nitrogens is 2. The summed E-state index contributed by atoms with van der Waals surface area (Å²) in [6, 6.07) is 7.67. The standard InChI is InChI=1S/C18H25N5O3S/c1-11(2)13-7-6-8-14(12(3)4)17(13)20-18(24)23-27(25,26)16-10-9-15(19-5)21-22-16/h6-12H,1-5H3,(H,19,21)(H2,20,23,24). The van der Waals surface area contributed by atoms with Gasteiger partial charge in [0.25, 0.3) is 10.0 Å². The van der Waals surface area contributed by atoms with E-state index in [1.165, 1.54) is 12.1 Å². The second-order valence-electron chi connectivity index (χ2n) is 6.69. The first-order valence-electron chi connectivity index (χ1n) is 8.63. The lowest BCUT2D eigenvalue weighted by Crippen LogP contribution is -2.35. The van der Waals surface area contributed by atoms with E-state index in [9.17, 15) is 13.2 Å². The number of nitrogens with zero attached hydrogens (tertiary/aromatic N) is 2. The number of hydrogen-bond acceptors (Lipinski definition) is 6. The molecule has 27 heavy (non-hydrogen) atoms. The van der Waals surface area contributed by atoms with E-state index in [4.69, 9.17) is 0 Å². The zero-order valence-electron chi connectivity index (χ0n) is 16.1. The lowest BCUT2D eigenvalue weighted by Gasteiger charge is -2.20. The molecule has 2 amide bonds. The maximum absolute atomic E-state index is 12.4. The van der Waals surface area contributed by atoms with Gasteiger partial charge in [0.15, 0.2) is 5.03 Å². The second kappa shape index (κ2) is 8.34. The fraction of sp³-hybridized carbons (Fsp3) is 0.389. The summed E-state index contributed by atoms with van der Waals surface area (Å²) in [6.45, 7) is 8.05. The number of urea groups is 1. The van der Waals surface area contributed by atoms with Crippen molar-refractivity contribution >= 4 is 27.6 Å². The Morgan fingerprint density at radius 2 is 1.56 bits per heavy atom. The third kappa shape index (κ3) is 4.94. The molecule has 0 radical (unpaired) electrons. The van der Waals surface area contributed by atoms with Crippen LogP contribution in [0.1, 0.15) is 50.7 Å². The van der Waals surface area contributed by atoms with Crippen LogP contribution in [-0.2, 0) is 10.0 Å². The normalized spacial score (nSPS) is 11.5. The van der Waals surface area contributed by atoms with Crippen molar-refractivity contribution in [2.24, 2.45) is 0 Å². The van der Waals surface area contributed by atoms with E-state index >= 15 is 0 Å². The Morgan fingerprint density at radius 1 is 0.963 bits per heavy atom. The zero-order valence-corrected chi connectivity index (χ0v) is 16.9. The topological polar surface area (TPSA) is 113 Å². The summed E-state index contributed by atoms with van der Waals surface area (Å²) in [5.74, 6) is 0.747. The summed E-state index contributed by atoms with van der Waals surface area (Å²) in [5.41, 5.74) is 2.51. The van der Waals surface area contributed by atoms with Crippen LogP contribution in [0, 0.1) is 0 Å². The number of hydrogen-bond donors (Lipinski definition) is 3. The van der Waals surface area contributed by atoms with Gasteiger partial charge in [0, 0.05) is 12.7 Å². The van der Waals surface area contributed by atoms with Gasteiger partial charge in [-0.15, -0.1) is 10.2 Å². The van der Waals surface area contributed by atoms with E-state index in [1.807, 2.05) is 50.6 Å². The summed E-state index contributed by atoms with van der Waals surface area (Å²) >= 11 is 0. The molecular weight excluding hydrogens is 366 g/mol. The van der Waals surface area contributed by atoms with Gasteiger partial charge in [-0.05, 0) is 35.1 Å². The maximum atomic E-state index is 12.4. The molecule has 0 atom stereocenters. The minimum Gasteiger partial charge on any atom is -0.372 e. The van der Waals surface area contributed by atoms with Gasteiger partial charge in [0.2, 0.25) is 0 Å². The second-order valence-corrected chi connectivity index (χ2v) is 8.32. The molecular formula is C18H25N5O3S. The first-order valence-corrected chi connectivity index (χ1v) is 10.1. The quantitative estimate of drug-likeness (QED) is 0.696. The highest BCUT2D eigenvalue weighted by Gasteiger charge is 2.22. The molecule has 9 heteroatoms. The minimum absolute atomic E-state index is 0.163. The molecule has 0 spiro atoms. The Labute approximate surface area is 159 Å². The number of nitrogens with one attached hydrogen (secondary N) is 3. The summed E-state index contributed by atoms with van der Waals surface area (Å²) < 4.78 is 26.7. The van der Waals surface area contributed by atoms with E-state index in [1.54, 1.807) is 7.05 Å². The number of amides is 2. The number of anilines is 2. The highest BCUT2D eigenvalue weighted by atomic mass is 32.2. The Kier molecular flexibility index (Phi) is 6.37. The molecule has 0 fully saturated rings. The van der Waals surface area contributed by atoms with Crippen LogP contribution in [-0.4, -0.2) is 31.7 Å². The average Bonchev–Trinajstić information content (AvgIpc) is 2.61. The predicted octanol–water partition coefficient (Wildman–Crippen LogP) is 3.28. The Bertz CT molecular complexity index is 883. The van der Waals surface area contributed by atoms with Gasteiger partial charge in [-0.1, -0.05) is 45.9 Å². The number of carbonyl (C=O) groups is 1. The van der Waals surface area contributed by atoms with Crippen molar-refractivity contribution in [2.75, 3.05) is 17.7 Å². The molecule has 8 nitrogen and oxygen atoms in total. The van der Waals surface area contributed by atoms with Gasteiger partial charge in [-0.2, -0.15) is 8.42 Å². The van der Waals surface area contributed by atoms with E-state index in [0.717, 1.165) is 11.1 Å². The third-order valence-corrected chi connectivity index (χ3v) is 5.23. The lowest BCUT2D eigenvalue weighted by atomic mass is 9.93. The van der Waals surface area contributed by atoms with E-state index in [2.05, 4.69) is 20.8 Å². The van der Waals surface area contributed by atoms with E-state index in [-0.39, 0.29) is 16.9 Å². The first kappa shape index (κ1) is 20.6. The Balaban J connectivity index is 2.27. The van der Waals surface area contributed by atoms with Crippen LogP contribution in [0.15, 0.2) is 35.4 Å². The molecule has 0 aliphatic heterocycles. The van der Waals surface area contributed by atoms with Gasteiger partial charge in [0.1, 0.15) is 5.82 Å². The van der Waals surface area contributed by atoms with Crippen molar-refractivity contribution < 1.29 is 13.2 Å². The van der Waals surface area contributed by atoms with Gasteiger partial charge in [0.05, 0.1) is 0 Å². The molecule has 146 valence electrons. The lowest BCUT2D eigenvalue weighted by molar-refractivity contribution is 0.256. The van der Waals surface area contributed by atoms with Gasteiger partial charge in [-0.3, -0.25) is 0 Å². The van der Waals surface area contributed by atoms with E-state index < -0.39 is 16.1 Å². The van der Waals surface area contributed by atoms with Gasteiger partial charge < -0.3 is 10.6 Å². The fourth-order valence-corrected chi connectivity index (χ4v) is 3.40. The van der Waals surface area contributed by atoms with Crippen LogP contribution in [0.5, 0.6) is 0 Å². The minimum atomic E-state index is -4.13. The highest BCUT2D eigenvalue weighted by Crippen LogP contribution is 2.32. The average molecular weight is 391 g/mol. The number of para-hydroxylation sites is 1. The van der Waals surface area contributed by atoms with Gasteiger partial charge in [-0.25, -0.2) is 9.52 Å². The molecule has 0 unspecified atom stereocenters. The molecule has 2 aromatic rings. The summed E-state index contributed by atoms with van der Waals surface area (Å²) in [7, 11) is -2.49. The number of rotatable bonds is 6. The van der Waals surface area contributed by atoms with Crippen LogP contribution < -0.4 is 15.4 Å². The number of benzene rings is 1. The van der Waals surface area contributed by atoms with Crippen molar-refractivity contribution in [3.63, 3.8) is 0 Å². The molecule has 3 N–H and O–H groups in total. The largest absolute Gasteiger partial charge is 0.372 e. The Hall–Kier alpha value is -2.68. The van der Waals surface area contributed by atoms with Crippen LogP contribution in [0.2, 0.25) is 0 Å². The number of carbonyl (C=O) groups excluding carboxylic acids is 1. The molecule has 0 bridgehead atoms. The van der Waals surface area contributed by atoms with Crippen molar-refractivity contribution in [3.05, 3.63) is 41.5 Å². The van der Waals surface area contributed by atoms with Crippen LogP contribution >= 0.6 is 0 Å². The predicted molar refractivity (Wildman–Crippen MR) is 106 cm³/mol. The van der Waals surface area contributed by atoms with Crippen molar-refractivity contribution in [3.8, 4) is 0 Å². The SMILES string of the molecule is CNc1ccc(S(=O)(=O)NC(=O)Nc2c(C(C)C)cccc2C(C)C)nn1. The van der Waals surface area contributed by atoms with Crippen molar-refractivity contribution in [1.82, 2.24) is 14.9 Å². The van der Waals surface area contributed by atoms with Crippen LogP contribution in [0.4, 0.5) is 16.3 Å². The summed E-state index contributed by atoms with van der Waals surface area (Å²) in [5, 5.41) is 12.5.